The zero-order valence-corrected chi connectivity index (χ0v) is 69.9. The summed E-state index contributed by atoms with van der Waals surface area (Å²) in [5, 5.41) is 141. The van der Waals surface area contributed by atoms with Crippen LogP contribution >= 0.6 is 11.8 Å². The number of nitrogens with one attached hydrogen (secondary N) is 3. The van der Waals surface area contributed by atoms with Gasteiger partial charge in [0.15, 0.2) is 5.96 Å². The van der Waals surface area contributed by atoms with Gasteiger partial charge in [0.1, 0.15) is 78.3 Å². The molecule has 13 atom stereocenters. The van der Waals surface area contributed by atoms with E-state index in [1.54, 1.807) is 43.9 Å². The van der Waals surface area contributed by atoms with Crippen LogP contribution in [0.1, 0.15) is 129 Å². The first kappa shape index (κ1) is 131. The summed E-state index contributed by atoms with van der Waals surface area (Å²) in [7, 11) is 0. The van der Waals surface area contributed by atoms with Crippen molar-refractivity contribution in [1.29, 1.82) is 5.41 Å². The van der Waals surface area contributed by atoms with Gasteiger partial charge in [-0.25, -0.2) is 4.98 Å². The standard InChI is InChI=1S/C9H11NO3.C9H11NO2.C6H14N4O2.C6H9N3O2.C6H14N2O2.2C6H13NO2.C5H9NO4.C5H11NO2S.C5H11NO2.C3H7NO3.C3H7NO2.C2H5NO2/c10-8(9(12)13)5-6-1-3-7(11)4-2-6;10-8(9(11)12)6-7-4-2-1-3-5-7;7-4(5(11)12)2-1-3-10-6(8)9;7-5(6(10)11)1-4-2-8-3-9-4;7-4-2-1-3-5(8)6(9)10;1-4(2)3-5(7)6(8)9;1-3-4(2)5(7)6(8)9;6-3(5(9)10)1-2-4(7)8;1-9-3-2-4(6)5(7)8;1-3(2)4(6)5(7)8;4-2(1-5)3(6)7;1-2(4)3(5)6;3-1-2(4)5/h1-4,8,11H,5,10H2,(H,12,13);1-5,8H,6,10H2,(H,11,12);4H,1-3,7H2,(H,11,12)(H4,8,9,10);2-3,5H,1,7H2,(H,8,9)(H,10,11);5H,1-4,7-8H2,(H,9,10);2*4-5H,3,7H2,1-2H3,(H,8,9);3H,1-2,6H2,(H,7,8)(H,9,10);4H,2-3,6H2,1H3,(H,7,8);3-4H,6H2,1-2H3,(H,7,8);2,5H,1,4H2,(H,6,7);2H,4H2,1H3,(H,5,6);1,3H2,(H,4,5)/t2*8-;4-;3*5-;4-,5-;3-;2*4-;2*2-;/m000000000000./s1. The molecule has 0 aliphatic carbocycles. The van der Waals surface area contributed by atoms with E-state index in [1.807, 2.05) is 64.3 Å². The number of nitrogens with zero attached hydrogens (tertiary/aromatic N) is 1. The zero-order chi connectivity index (χ0) is 97.0. The number of phenols is 1. The van der Waals surface area contributed by atoms with Crippen LogP contribution in [0.2, 0.25) is 0 Å². The van der Waals surface area contributed by atoms with Gasteiger partial charge >= 0.3 is 83.6 Å². The number of carboxylic acids is 14. The van der Waals surface area contributed by atoms with Crippen LogP contribution in [-0.2, 0) is 86.4 Å². The van der Waals surface area contributed by atoms with Crippen molar-refractivity contribution in [1.82, 2.24) is 15.3 Å². The number of carbonyl (C=O) groups is 14. The van der Waals surface area contributed by atoms with Crippen LogP contribution in [0.5, 0.6) is 5.75 Å². The minimum atomic E-state index is -1.18. The minimum Gasteiger partial charge on any atom is -0.508 e. The van der Waals surface area contributed by atoms with Gasteiger partial charge in [0.2, 0.25) is 0 Å². The molecule has 1 heterocycles. The summed E-state index contributed by atoms with van der Waals surface area (Å²) >= 11 is 1.60. The van der Waals surface area contributed by atoms with Gasteiger partial charge in [-0.15, -0.1) is 0 Å². The lowest BCUT2D eigenvalue weighted by molar-refractivity contribution is -0.141. The molecule has 0 amide bonds. The first-order chi connectivity index (χ1) is 55.7. The Morgan fingerprint density at radius 1 is 0.463 bits per heavy atom. The van der Waals surface area contributed by atoms with Gasteiger partial charge in [-0.3, -0.25) is 72.5 Å². The summed E-state index contributed by atoms with van der Waals surface area (Å²) in [5.74, 6) is -12.6. The lowest BCUT2D eigenvalue weighted by Crippen LogP contribution is -2.36. The number of guanidine groups is 1. The monoisotopic (exact) mass is 1770 g/mol. The lowest BCUT2D eigenvalue weighted by atomic mass is 10.0. The highest BCUT2D eigenvalue weighted by atomic mass is 32.2. The molecule has 50 heteroatoms. The first-order valence-electron chi connectivity index (χ1n) is 36.3. The molecule has 49 N–H and O–H groups in total. The number of carboxylic acid groups (broad SMARTS) is 14. The Bertz CT molecular complexity index is 3290. The van der Waals surface area contributed by atoms with E-state index in [9.17, 15) is 67.1 Å². The van der Waals surface area contributed by atoms with E-state index in [2.05, 4.69) is 21.0 Å². The first-order valence-corrected chi connectivity index (χ1v) is 37.7. The van der Waals surface area contributed by atoms with Crippen molar-refractivity contribution in [3.63, 3.8) is 0 Å². The summed E-state index contributed by atoms with van der Waals surface area (Å²) in [5.41, 5.74) is 79.0. The van der Waals surface area contributed by atoms with Gasteiger partial charge in [0, 0.05) is 25.6 Å². The molecular weight excluding hydrogens is 1630 g/mol. The van der Waals surface area contributed by atoms with E-state index in [-0.39, 0.29) is 55.8 Å². The number of hydrogen-bond acceptors (Lipinski definition) is 33. The van der Waals surface area contributed by atoms with Crippen LogP contribution in [0.4, 0.5) is 0 Å². The number of aromatic hydroxyl groups is 1. The summed E-state index contributed by atoms with van der Waals surface area (Å²) in [4.78, 5) is 147. The topological polar surface area (TPSA) is 1020 Å². The van der Waals surface area contributed by atoms with E-state index in [1.165, 1.54) is 25.4 Å². The largest absolute Gasteiger partial charge is 0.508 e. The Balaban J connectivity index is -0.000000139. The molecule has 0 aliphatic heterocycles. The highest BCUT2D eigenvalue weighted by Gasteiger charge is 2.20. The van der Waals surface area contributed by atoms with Crippen LogP contribution in [-0.4, -0.2) is 292 Å². The third-order valence-electron chi connectivity index (χ3n) is 13.8. The van der Waals surface area contributed by atoms with Gasteiger partial charge < -0.3 is 178 Å². The number of aromatic nitrogens is 2. The Hall–Kier alpha value is -11.0. The van der Waals surface area contributed by atoms with E-state index >= 15 is 0 Å². The minimum absolute atomic E-state index is 0.0208. The molecule has 121 heavy (non-hydrogen) atoms. The number of unbranched alkanes of at least 4 members (excludes halogenated alkanes) is 1. The van der Waals surface area contributed by atoms with E-state index in [4.69, 9.17) is 167 Å². The third kappa shape index (κ3) is 97.8. The van der Waals surface area contributed by atoms with Gasteiger partial charge in [-0.1, -0.05) is 96.8 Å². The maximum absolute atomic E-state index is 10.4. The molecule has 2 aromatic carbocycles. The molecule has 0 saturated carbocycles. The summed E-state index contributed by atoms with van der Waals surface area (Å²) < 4.78 is 0. The lowest BCUT2D eigenvalue weighted by Gasteiger charge is -2.11. The zero-order valence-electron chi connectivity index (χ0n) is 69.1. The molecule has 700 valence electrons. The normalized spacial score (nSPS) is 13.0. The Morgan fingerprint density at radius 2 is 0.826 bits per heavy atom. The Kier molecular flexibility index (Phi) is 89.4. The molecule has 3 rings (SSSR count). The summed E-state index contributed by atoms with van der Waals surface area (Å²) in [6.07, 6.45) is 10.8. The molecule has 0 radical (unpaired) electrons. The Labute approximate surface area is 704 Å². The van der Waals surface area contributed by atoms with Crippen LogP contribution in [0.15, 0.2) is 67.1 Å². The number of imidazole rings is 1. The molecule has 1 aromatic heterocycles. The number of aromatic amines is 1. The molecule has 0 spiro atoms. The fourth-order valence-electron chi connectivity index (χ4n) is 6.18. The van der Waals surface area contributed by atoms with E-state index in [0.29, 0.717) is 63.2 Å². The van der Waals surface area contributed by atoms with Crippen molar-refractivity contribution in [3.05, 3.63) is 83.9 Å². The number of thioether (sulfide) groups is 1. The number of rotatable bonds is 39. The van der Waals surface area contributed by atoms with Crippen molar-refractivity contribution >= 4 is 101 Å². The number of aliphatic hydroxyl groups excluding tert-OH is 1. The van der Waals surface area contributed by atoms with Crippen LogP contribution in [0, 0.1) is 23.2 Å². The molecule has 0 bridgehead atoms. The highest BCUT2D eigenvalue weighted by molar-refractivity contribution is 7.98. The second kappa shape index (κ2) is 82.7. The fourth-order valence-corrected chi connectivity index (χ4v) is 6.67. The van der Waals surface area contributed by atoms with Crippen LogP contribution in [0.25, 0.3) is 0 Å². The SMILES string of the molecule is CC(C)C[C@H](N)C(=O)O.CC(C)[C@H](N)C(=O)O.CC[C@H](C)[C@H](N)C(=O)O.CSCC[C@H](N)C(=O)O.C[C@H](N)C(=O)O.N=C(N)NCCC[C@H](N)C(=O)O.NCC(=O)O.NCCCC[C@H](N)C(=O)O.N[C@@H](CCC(=O)O)C(=O)O.N[C@@H](CO)C(=O)O.N[C@@H](Cc1c[nH]cn1)C(=O)O.N[C@@H](Cc1ccc(O)cc1)C(=O)O.N[C@@H](Cc1ccccc1)C(=O)O. The number of H-pyrrole nitrogens is 1. The molecule has 0 saturated heterocycles. The molecule has 49 nitrogen and oxygen atoms in total. The van der Waals surface area contributed by atoms with Gasteiger partial charge in [0.25, 0.3) is 0 Å². The van der Waals surface area contributed by atoms with Gasteiger partial charge in [0.05, 0.1) is 25.2 Å². The number of nitrogens with two attached hydrogens (primary N) is 15. The number of phenolic OH excluding ortho intramolecular Hbond substituents is 1. The predicted molar refractivity (Wildman–Crippen MR) is 447 cm³/mol. The number of benzene rings is 2. The van der Waals surface area contributed by atoms with E-state index in [0.717, 1.165) is 36.1 Å². The quantitative estimate of drug-likeness (QED) is 0.0146. The average molecular weight is 1770 g/mol. The third-order valence-corrected chi connectivity index (χ3v) is 14.5. The summed E-state index contributed by atoms with van der Waals surface area (Å²) in [6.45, 7) is 12.9. The maximum Gasteiger partial charge on any atom is 0.322 e. The Morgan fingerprint density at radius 3 is 1.08 bits per heavy atom. The maximum atomic E-state index is 10.4. The predicted octanol–water partition coefficient (Wildman–Crippen LogP) is -4.26. The van der Waals surface area contributed by atoms with Crippen molar-refractivity contribution < 1.29 is 149 Å². The molecule has 0 aliphatic rings. The van der Waals surface area contributed by atoms with Crippen molar-refractivity contribution in [3.8, 4) is 5.75 Å². The highest BCUT2D eigenvalue weighted by Crippen LogP contribution is 2.11. The fraction of sp³-hybridized carbons (Fsp3) is 0.577. The number of aliphatic carboxylic acids is 14. The van der Waals surface area contributed by atoms with Crippen molar-refractivity contribution in [2.45, 2.75) is 204 Å². The van der Waals surface area contributed by atoms with Crippen LogP contribution in [0.3, 0.4) is 0 Å². The van der Waals surface area contributed by atoms with Gasteiger partial charge in [-0.05, 0) is 124 Å². The molecule has 0 unspecified atom stereocenters. The number of hydrogen-bond donors (Lipinski definition) is 34. The van der Waals surface area contributed by atoms with Crippen molar-refractivity contribution in [2.24, 2.45) is 104 Å². The smallest absolute Gasteiger partial charge is 0.322 e. The molecule has 0 fully saturated rings. The second-order valence-electron chi connectivity index (χ2n) is 25.7. The summed E-state index contributed by atoms with van der Waals surface area (Å²) in [6, 6.07) is 5.87. The van der Waals surface area contributed by atoms with Crippen molar-refractivity contribution in [2.75, 3.05) is 38.2 Å². The molecular formula is C71H135N19O30S. The number of aliphatic hydroxyl groups is 1. The average Bonchev–Trinajstić information content (AvgIpc) is 1.79. The van der Waals surface area contributed by atoms with Gasteiger partial charge in [-0.2, -0.15) is 11.8 Å². The van der Waals surface area contributed by atoms with E-state index < -0.39 is 163 Å². The second-order valence-corrected chi connectivity index (χ2v) is 26.7. The van der Waals surface area contributed by atoms with Crippen LogP contribution < -0.4 is 91.3 Å². The molecule has 3 aromatic rings.